The van der Waals surface area contributed by atoms with E-state index in [0.29, 0.717) is 13.5 Å². The molecule has 19 heavy (non-hydrogen) atoms. The van der Waals surface area contributed by atoms with Crippen LogP contribution in [0, 0.1) is 0 Å². The van der Waals surface area contributed by atoms with Gasteiger partial charge >= 0.3 is 6.18 Å². The third-order valence-corrected chi connectivity index (χ3v) is 3.04. The van der Waals surface area contributed by atoms with Crippen molar-refractivity contribution in [3.8, 4) is 0 Å². The van der Waals surface area contributed by atoms with Gasteiger partial charge in [-0.3, -0.25) is 9.69 Å². The maximum atomic E-state index is 12.5. The zero-order valence-corrected chi connectivity index (χ0v) is 12.1. The fourth-order valence-corrected chi connectivity index (χ4v) is 1.72. The summed E-state index contributed by atoms with van der Waals surface area (Å²) >= 11 is 0. The van der Waals surface area contributed by atoms with Crippen LogP contribution in [0.3, 0.4) is 0 Å². The number of nitrogens with one attached hydrogen (secondary N) is 1. The van der Waals surface area contributed by atoms with Gasteiger partial charge in [0.15, 0.2) is 5.54 Å². The van der Waals surface area contributed by atoms with Gasteiger partial charge in [-0.1, -0.05) is 0 Å². The molecule has 3 N–H and O–H groups in total. The van der Waals surface area contributed by atoms with E-state index in [0.717, 1.165) is 0 Å². The van der Waals surface area contributed by atoms with Crippen LogP contribution in [0.15, 0.2) is 0 Å². The molecule has 0 spiro atoms. The smallest absolute Gasteiger partial charge is 0.353 e. The standard InChI is InChI=1S/C12H24F3N3O/c1-8(2)18(9(3)4)7-6-17-10(19)11(5,16)12(13,14)15/h8-9H,6-7,16H2,1-5H3,(H,17,19). The Morgan fingerprint density at radius 3 is 1.95 bits per heavy atom. The zero-order valence-electron chi connectivity index (χ0n) is 12.1. The first kappa shape index (κ1) is 18.2. The fourth-order valence-electron chi connectivity index (χ4n) is 1.72. The molecule has 0 rings (SSSR count). The van der Waals surface area contributed by atoms with Crippen LogP contribution >= 0.6 is 0 Å². The summed E-state index contributed by atoms with van der Waals surface area (Å²) in [6.07, 6.45) is -4.76. The molecule has 0 heterocycles. The molecule has 0 fully saturated rings. The monoisotopic (exact) mass is 283 g/mol. The second-order valence-electron chi connectivity index (χ2n) is 5.38. The summed E-state index contributed by atoms with van der Waals surface area (Å²) in [5, 5.41) is 2.24. The van der Waals surface area contributed by atoms with Gasteiger partial charge in [0, 0.05) is 25.2 Å². The number of carbonyl (C=O) groups excluding carboxylic acids is 1. The van der Waals surface area contributed by atoms with Crippen molar-refractivity contribution in [1.82, 2.24) is 10.2 Å². The molecule has 0 aliphatic rings. The highest BCUT2D eigenvalue weighted by molar-refractivity contribution is 5.86. The van der Waals surface area contributed by atoms with Gasteiger partial charge in [0.05, 0.1) is 0 Å². The lowest BCUT2D eigenvalue weighted by Crippen LogP contribution is -2.62. The highest BCUT2D eigenvalue weighted by Gasteiger charge is 2.53. The number of rotatable bonds is 6. The molecule has 0 bridgehead atoms. The van der Waals surface area contributed by atoms with Gasteiger partial charge in [-0.25, -0.2) is 0 Å². The first-order valence-electron chi connectivity index (χ1n) is 6.31. The Kier molecular flexibility index (Phi) is 6.28. The number of nitrogens with zero attached hydrogens (tertiary/aromatic N) is 1. The molecule has 0 aliphatic heterocycles. The van der Waals surface area contributed by atoms with Crippen molar-refractivity contribution in [3.63, 3.8) is 0 Å². The first-order valence-corrected chi connectivity index (χ1v) is 6.31. The molecule has 0 aliphatic carbocycles. The molecule has 1 atom stereocenters. The van der Waals surface area contributed by atoms with E-state index in [4.69, 9.17) is 5.73 Å². The highest BCUT2D eigenvalue weighted by atomic mass is 19.4. The van der Waals surface area contributed by atoms with E-state index in [1.807, 2.05) is 27.7 Å². The Hall–Kier alpha value is -0.820. The van der Waals surface area contributed by atoms with Crippen molar-refractivity contribution in [3.05, 3.63) is 0 Å². The van der Waals surface area contributed by atoms with Crippen LogP contribution in [0.5, 0.6) is 0 Å². The molecule has 7 heteroatoms. The van der Waals surface area contributed by atoms with Crippen LogP contribution in [0.25, 0.3) is 0 Å². The summed E-state index contributed by atoms with van der Waals surface area (Å²) in [5.74, 6) is -1.20. The van der Waals surface area contributed by atoms with Crippen molar-refractivity contribution in [1.29, 1.82) is 0 Å². The topological polar surface area (TPSA) is 58.4 Å². The van der Waals surface area contributed by atoms with E-state index in [1.165, 1.54) is 0 Å². The minimum absolute atomic E-state index is 0.137. The lowest BCUT2D eigenvalue weighted by atomic mass is 10.0. The summed E-state index contributed by atoms with van der Waals surface area (Å²) < 4.78 is 37.6. The first-order chi connectivity index (χ1) is 8.41. The van der Waals surface area contributed by atoms with E-state index in [2.05, 4.69) is 10.2 Å². The number of amides is 1. The molecule has 0 aromatic heterocycles. The summed E-state index contributed by atoms with van der Waals surface area (Å²) in [6.45, 7) is 9.25. The molecule has 1 unspecified atom stereocenters. The molecular formula is C12H24F3N3O. The third kappa shape index (κ3) is 4.99. The molecule has 0 aromatic carbocycles. The van der Waals surface area contributed by atoms with Gasteiger partial charge in [0.1, 0.15) is 0 Å². The van der Waals surface area contributed by atoms with Gasteiger partial charge in [0.2, 0.25) is 5.91 Å². The number of hydrogen-bond acceptors (Lipinski definition) is 3. The lowest BCUT2D eigenvalue weighted by Gasteiger charge is -2.31. The highest BCUT2D eigenvalue weighted by Crippen LogP contribution is 2.27. The molecule has 4 nitrogen and oxygen atoms in total. The van der Waals surface area contributed by atoms with E-state index < -0.39 is 17.6 Å². The average Bonchev–Trinajstić information content (AvgIpc) is 2.20. The Balaban J connectivity index is 4.40. The zero-order chi connectivity index (χ0) is 15.4. The summed E-state index contributed by atoms with van der Waals surface area (Å²) in [7, 11) is 0. The van der Waals surface area contributed by atoms with E-state index in [9.17, 15) is 18.0 Å². The molecule has 0 aromatic rings. The van der Waals surface area contributed by atoms with E-state index in [-0.39, 0.29) is 18.6 Å². The van der Waals surface area contributed by atoms with Crippen LogP contribution in [-0.2, 0) is 4.79 Å². The number of carbonyl (C=O) groups is 1. The van der Waals surface area contributed by atoms with Crippen molar-refractivity contribution >= 4 is 5.91 Å². The molecule has 0 saturated carbocycles. The fraction of sp³-hybridized carbons (Fsp3) is 0.917. The third-order valence-electron chi connectivity index (χ3n) is 3.04. The van der Waals surface area contributed by atoms with Crippen molar-refractivity contribution < 1.29 is 18.0 Å². The normalized spacial score (nSPS) is 16.0. The largest absolute Gasteiger partial charge is 0.415 e. The maximum Gasteiger partial charge on any atom is 0.415 e. The summed E-state index contributed by atoms with van der Waals surface area (Å²) in [4.78, 5) is 13.5. The van der Waals surface area contributed by atoms with Crippen LogP contribution in [0.2, 0.25) is 0 Å². The van der Waals surface area contributed by atoms with E-state index >= 15 is 0 Å². The predicted octanol–water partition coefficient (Wildman–Crippen LogP) is 1.50. The SMILES string of the molecule is CC(C)N(CCNC(=O)C(C)(N)C(F)(F)F)C(C)C. The Morgan fingerprint density at radius 1 is 1.21 bits per heavy atom. The van der Waals surface area contributed by atoms with Crippen LogP contribution < -0.4 is 11.1 Å². The molecular weight excluding hydrogens is 259 g/mol. The minimum Gasteiger partial charge on any atom is -0.353 e. The number of nitrogens with two attached hydrogens (primary N) is 1. The molecule has 0 radical (unpaired) electrons. The van der Waals surface area contributed by atoms with Gasteiger partial charge in [-0.05, 0) is 34.6 Å². The molecule has 114 valence electrons. The number of hydrogen-bond donors (Lipinski definition) is 2. The minimum atomic E-state index is -4.76. The van der Waals surface area contributed by atoms with Gasteiger partial charge in [-0.15, -0.1) is 0 Å². The van der Waals surface area contributed by atoms with Gasteiger partial charge in [-0.2, -0.15) is 13.2 Å². The summed E-state index contributed by atoms with van der Waals surface area (Å²) in [5.41, 5.74) is 2.17. The lowest BCUT2D eigenvalue weighted by molar-refractivity contribution is -0.187. The Labute approximate surface area is 112 Å². The van der Waals surface area contributed by atoms with Crippen LogP contribution in [0.4, 0.5) is 13.2 Å². The average molecular weight is 283 g/mol. The second-order valence-corrected chi connectivity index (χ2v) is 5.38. The Bertz CT molecular complexity index is 293. The van der Waals surface area contributed by atoms with Gasteiger partial charge < -0.3 is 11.1 Å². The van der Waals surface area contributed by atoms with Crippen molar-refractivity contribution in [2.75, 3.05) is 13.1 Å². The maximum absolute atomic E-state index is 12.5. The van der Waals surface area contributed by atoms with Gasteiger partial charge in [0.25, 0.3) is 0 Å². The molecule has 1 amide bonds. The van der Waals surface area contributed by atoms with Crippen molar-refractivity contribution in [2.45, 2.75) is 58.4 Å². The number of alkyl halides is 3. The second kappa shape index (κ2) is 6.56. The Morgan fingerprint density at radius 2 is 1.63 bits per heavy atom. The van der Waals surface area contributed by atoms with Crippen LogP contribution in [-0.4, -0.2) is 47.7 Å². The quantitative estimate of drug-likeness (QED) is 0.776. The molecule has 0 saturated heterocycles. The number of halogens is 3. The summed E-state index contributed by atoms with van der Waals surface area (Å²) in [6, 6.07) is 0.507. The van der Waals surface area contributed by atoms with Crippen molar-refractivity contribution in [2.24, 2.45) is 5.73 Å². The van der Waals surface area contributed by atoms with Crippen LogP contribution in [0.1, 0.15) is 34.6 Å². The predicted molar refractivity (Wildman–Crippen MR) is 68.6 cm³/mol. The van der Waals surface area contributed by atoms with E-state index in [1.54, 1.807) is 0 Å².